The number of sulfonamides is 1. The normalized spacial score (nSPS) is 14.9. The molecule has 1 N–H and O–H groups in total. The predicted molar refractivity (Wildman–Crippen MR) is 75.0 cm³/mol. The van der Waals surface area contributed by atoms with E-state index in [0.717, 1.165) is 17.7 Å². The molecule has 2 aromatic rings. The Bertz CT molecular complexity index is 712. The first-order valence-electron chi connectivity index (χ1n) is 6.68. The number of rotatable bonds is 5. The Morgan fingerprint density at radius 1 is 1.38 bits per heavy atom. The van der Waals surface area contributed by atoms with E-state index in [0.29, 0.717) is 19.8 Å². The second-order valence-corrected chi connectivity index (χ2v) is 6.50. The summed E-state index contributed by atoms with van der Waals surface area (Å²) in [5, 5.41) is 4.28. The second-order valence-electron chi connectivity index (χ2n) is 4.73. The number of fused-ring (bicyclic) bond motifs is 1. The smallest absolute Gasteiger partial charge is 0.242 e. The first-order valence-corrected chi connectivity index (χ1v) is 8.16. The van der Waals surface area contributed by atoms with Gasteiger partial charge in [-0.1, -0.05) is 0 Å². The summed E-state index contributed by atoms with van der Waals surface area (Å²) in [5.74, 6) is 0. The molecule has 0 amide bonds. The first-order chi connectivity index (χ1) is 10.2. The summed E-state index contributed by atoms with van der Waals surface area (Å²) >= 11 is 0. The summed E-state index contributed by atoms with van der Waals surface area (Å²) in [6.45, 7) is 2.04. The van der Waals surface area contributed by atoms with Crippen molar-refractivity contribution in [1.82, 2.24) is 19.5 Å². The molecular formula is C13H16N4O3S. The second kappa shape index (κ2) is 5.92. The molecule has 0 aliphatic carbocycles. The van der Waals surface area contributed by atoms with E-state index in [1.165, 1.54) is 18.5 Å². The number of ether oxygens (including phenoxy) is 1. The Labute approximate surface area is 123 Å². The molecule has 1 aliphatic rings. The molecule has 0 fully saturated rings. The maximum absolute atomic E-state index is 12.0. The summed E-state index contributed by atoms with van der Waals surface area (Å²) in [6, 6.07) is 3.11. The highest BCUT2D eigenvalue weighted by atomic mass is 32.2. The molecule has 8 heteroatoms. The van der Waals surface area contributed by atoms with E-state index in [9.17, 15) is 8.42 Å². The van der Waals surface area contributed by atoms with Crippen molar-refractivity contribution in [3.8, 4) is 0 Å². The van der Waals surface area contributed by atoms with Gasteiger partial charge in [-0.3, -0.25) is 9.67 Å². The molecule has 112 valence electrons. The largest absolute Gasteiger partial charge is 0.376 e. The van der Waals surface area contributed by atoms with Gasteiger partial charge in [0.25, 0.3) is 0 Å². The van der Waals surface area contributed by atoms with E-state index >= 15 is 0 Å². The van der Waals surface area contributed by atoms with Crippen molar-refractivity contribution in [2.75, 3.05) is 13.2 Å². The van der Waals surface area contributed by atoms with Crippen LogP contribution in [0.25, 0.3) is 0 Å². The van der Waals surface area contributed by atoms with Gasteiger partial charge in [-0.15, -0.1) is 0 Å². The van der Waals surface area contributed by atoms with Gasteiger partial charge in [0.1, 0.15) is 4.90 Å². The minimum absolute atomic E-state index is 0.167. The van der Waals surface area contributed by atoms with Gasteiger partial charge >= 0.3 is 0 Å². The monoisotopic (exact) mass is 308 g/mol. The Morgan fingerprint density at radius 3 is 3.10 bits per heavy atom. The molecule has 0 unspecified atom stereocenters. The van der Waals surface area contributed by atoms with Crippen molar-refractivity contribution in [2.24, 2.45) is 0 Å². The third kappa shape index (κ3) is 3.12. The minimum atomic E-state index is -3.51. The van der Waals surface area contributed by atoms with Crippen LogP contribution in [0.1, 0.15) is 11.3 Å². The van der Waals surface area contributed by atoms with Gasteiger partial charge in [0, 0.05) is 36.6 Å². The lowest BCUT2D eigenvalue weighted by Crippen LogP contribution is -2.28. The highest BCUT2D eigenvalue weighted by Gasteiger charge is 2.17. The van der Waals surface area contributed by atoms with Crippen molar-refractivity contribution >= 4 is 10.0 Å². The van der Waals surface area contributed by atoms with Crippen molar-refractivity contribution < 1.29 is 13.2 Å². The molecule has 3 heterocycles. The van der Waals surface area contributed by atoms with Crippen molar-refractivity contribution in [3.05, 3.63) is 42.0 Å². The van der Waals surface area contributed by atoms with Gasteiger partial charge in [0.05, 0.1) is 26.0 Å². The standard InChI is InChI=1S/C13H16N4O3S/c18-21(19,12-2-1-4-14-9-12)16-5-6-17-13-3-7-20-10-11(13)8-15-17/h1-2,4,8-9,16H,3,5-7,10H2. The van der Waals surface area contributed by atoms with E-state index in [-0.39, 0.29) is 11.4 Å². The Hall–Kier alpha value is -1.77. The molecule has 0 radical (unpaired) electrons. The van der Waals surface area contributed by atoms with Crippen LogP contribution < -0.4 is 4.72 Å². The topological polar surface area (TPSA) is 86.1 Å². The SMILES string of the molecule is O=S(=O)(NCCn1ncc2c1CCOC2)c1cccnc1. The van der Waals surface area contributed by atoms with Crippen LogP contribution >= 0.6 is 0 Å². The molecule has 2 aromatic heterocycles. The lowest BCUT2D eigenvalue weighted by atomic mass is 10.2. The van der Waals surface area contributed by atoms with Crippen LogP contribution in [0.15, 0.2) is 35.6 Å². The van der Waals surface area contributed by atoms with Crippen LogP contribution in [0.2, 0.25) is 0 Å². The van der Waals surface area contributed by atoms with E-state index in [4.69, 9.17) is 4.74 Å². The first kappa shape index (κ1) is 14.2. The molecule has 0 aromatic carbocycles. The molecule has 0 bridgehead atoms. The fourth-order valence-electron chi connectivity index (χ4n) is 2.28. The number of nitrogens with one attached hydrogen (secondary N) is 1. The fraction of sp³-hybridized carbons (Fsp3) is 0.385. The molecule has 21 heavy (non-hydrogen) atoms. The van der Waals surface area contributed by atoms with Gasteiger partial charge in [-0.05, 0) is 12.1 Å². The number of nitrogens with zero attached hydrogens (tertiary/aromatic N) is 3. The lowest BCUT2D eigenvalue weighted by Gasteiger charge is -2.14. The number of hydrogen-bond donors (Lipinski definition) is 1. The zero-order chi connectivity index (χ0) is 14.7. The van der Waals surface area contributed by atoms with Gasteiger partial charge < -0.3 is 4.74 Å². The molecule has 0 atom stereocenters. The van der Waals surface area contributed by atoms with Gasteiger partial charge in [0.15, 0.2) is 0 Å². The van der Waals surface area contributed by atoms with Crippen LogP contribution in [0.4, 0.5) is 0 Å². The third-order valence-electron chi connectivity index (χ3n) is 3.34. The molecule has 0 saturated carbocycles. The third-order valence-corrected chi connectivity index (χ3v) is 4.78. The zero-order valence-corrected chi connectivity index (χ0v) is 12.2. The summed E-state index contributed by atoms with van der Waals surface area (Å²) < 4.78 is 33.8. The average Bonchev–Trinajstić information content (AvgIpc) is 2.92. The maximum Gasteiger partial charge on any atom is 0.242 e. The van der Waals surface area contributed by atoms with Crippen LogP contribution in [0.5, 0.6) is 0 Å². The van der Waals surface area contributed by atoms with Crippen LogP contribution in [-0.2, 0) is 34.3 Å². The van der Waals surface area contributed by atoms with Crippen LogP contribution in [0.3, 0.4) is 0 Å². The summed E-state index contributed by atoms with van der Waals surface area (Å²) in [5.41, 5.74) is 2.21. The lowest BCUT2D eigenvalue weighted by molar-refractivity contribution is 0.109. The molecule has 0 spiro atoms. The number of hydrogen-bond acceptors (Lipinski definition) is 5. The van der Waals surface area contributed by atoms with Crippen molar-refractivity contribution in [2.45, 2.75) is 24.5 Å². The van der Waals surface area contributed by atoms with E-state index < -0.39 is 10.0 Å². The summed E-state index contributed by atoms with van der Waals surface area (Å²) in [6.07, 6.45) is 5.46. The Morgan fingerprint density at radius 2 is 2.29 bits per heavy atom. The molecular weight excluding hydrogens is 292 g/mol. The Kier molecular flexibility index (Phi) is 4.00. The minimum Gasteiger partial charge on any atom is -0.376 e. The van der Waals surface area contributed by atoms with Crippen molar-refractivity contribution in [1.29, 1.82) is 0 Å². The van der Waals surface area contributed by atoms with Gasteiger partial charge in [0.2, 0.25) is 10.0 Å². The highest BCUT2D eigenvalue weighted by molar-refractivity contribution is 7.89. The highest BCUT2D eigenvalue weighted by Crippen LogP contribution is 2.15. The predicted octanol–water partition coefficient (Wildman–Crippen LogP) is 0.329. The molecule has 1 aliphatic heterocycles. The van der Waals surface area contributed by atoms with Crippen LogP contribution in [0, 0.1) is 0 Å². The number of pyridine rings is 1. The van der Waals surface area contributed by atoms with E-state index in [2.05, 4.69) is 14.8 Å². The van der Waals surface area contributed by atoms with Crippen molar-refractivity contribution in [3.63, 3.8) is 0 Å². The summed E-state index contributed by atoms with van der Waals surface area (Å²) in [4.78, 5) is 3.98. The Balaban J connectivity index is 1.63. The molecule has 3 rings (SSSR count). The molecule has 7 nitrogen and oxygen atoms in total. The number of aromatic nitrogens is 3. The van der Waals surface area contributed by atoms with Gasteiger partial charge in [-0.25, -0.2) is 13.1 Å². The fourth-order valence-corrected chi connectivity index (χ4v) is 3.26. The average molecular weight is 308 g/mol. The maximum atomic E-state index is 12.0. The van der Waals surface area contributed by atoms with Gasteiger partial charge in [-0.2, -0.15) is 5.10 Å². The quantitative estimate of drug-likeness (QED) is 0.860. The summed E-state index contributed by atoms with van der Waals surface area (Å²) in [7, 11) is -3.51. The molecule has 0 saturated heterocycles. The van der Waals surface area contributed by atoms with E-state index in [1.54, 1.807) is 12.3 Å². The van der Waals surface area contributed by atoms with Crippen LogP contribution in [-0.4, -0.2) is 36.3 Å². The van der Waals surface area contributed by atoms with E-state index in [1.807, 2.05) is 4.68 Å². The zero-order valence-electron chi connectivity index (χ0n) is 11.4.